The lowest BCUT2D eigenvalue weighted by Crippen LogP contribution is -2.29. The van der Waals surface area contributed by atoms with Crippen molar-refractivity contribution in [3.63, 3.8) is 0 Å². The van der Waals surface area contributed by atoms with Gasteiger partial charge in [-0.25, -0.2) is 0 Å². The molecule has 1 aliphatic rings. The average Bonchev–Trinajstić information content (AvgIpc) is 3.27. The highest BCUT2D eigenvalue weighted by Crippen LogP contribution is 2.34. The molecule has 0 fully saturated rings. The van der Waals surface area contributed by atoms with Gasteiger partial charge in [-0.05, 0) is 55.8 Å². The Bertz CT molecular complexity index is 743. The molecule has 0 unspecified atom stereocenters. The van der Waals surface area contributed by atoms with Crippen LogP contribution in [0.1, 0.15) is 27.9 Å². The van der Waals surface area contributed by atoms with Crippen molar-refractivity contribution in [3.8, 4) is 11.5 Å². The molecule has 0 aliphatic carbocycles. The minimum Gasteiger partial charge on any atom is -0.493 e. The highest BCUT2D eigenvalue weighted by atomic mass is 16.5. The van der Waals surface area contributed by atoms with E-state index in [-0.39, 0.29) is 5.91 Å². The second kappa shape index (κ2) is 8.27. The molecule has 1 aromatic heterocycles. The number of hydrogen-bond donors (Lipinski definition) is 0. The molecule has 0 bridgehead atoms. The Kier molecular flexibility index (Phi) is 5.83. The molecule has 1 aliphatic heterocycles. The summed E-state index contributed by atoms with van der Waals surface area (Å²) >= 11 is 0. The van der Waals surface area contributed by atoms with Crippen LogP contribution in [0.2, 0.25) is 0 Å². The molecule has 6 heteroatoms. The normalized spacial score (nSPS) is 13.4. The van der Waals surface area contributed by atoms with Gasteiger partial charge in [-0.3, -0.25) is 4.79 Å². The number of carbonyl (C=O) groups excluding carboxylic acids is 1. The molecule has 0 saturated heterocycles. The van der Waals surface area contributed by atoms with Crippen LogP contribution < -0.4 is 9.47 Å². The van der Waals surface area contributed by atoms with Crippen LogP contribution in [0.15, 0.2) is 35.1 Å². The van der Waals surface area contributed by atoms with Gasteiger partial charge >= 0.3 is 0 Å². The van der Waals surface area contributed by atoms with Crippen molar-refractivity contribution in [1.82, 2.24) is 9.80 Å². The lowest BCUT2D eigenvalue weighted by Gasteiger charge is -2.19. The van der Waals surface area contributed by atoms with E-state index in [4.69, 9.17) is 13.9 Å². The van der Waals surface area contributed by atoms with Gasteiger partial charge in [0.2, 0.25) is 0 Å². The fourth-order valence-corrected chi connectivity index (χ4v) is 3.28. The lowest BCUT2D eigenvalue weighted by atomic mass is 10.1. The van der Waals surface area contributed by atoms with Crippen molar-refractivity contribution in [2.24, 2.45) is 0 Å². The molecule has 26 heavy (non-hydrogen) atoms. The molecular weight excluding hydrogens is 332 g/mol. The summed E-state index contributed by atoms with van der Waals surface area (Å²) in [5, 5.41) is 0. The monoisotopic (exact) mass is 358 g/mol. The van der Waals surface area contributed by atoms with Gasteiger partial charge in [0.15, 0.2) is 11.5 Å². The van der Waals surface area contributed by atoms with Gasteiger partial charge in [-0.2, -0.15) is 0 Å². The van der Waals surface area contributed by atoms with E-state index < -0.39 is 0 Å². The summed E-state index contributed by atoms with van der Waals surface area (Å²) in [6.45, 7) is 3.30. The lowest BCUT2D eigenvalue weighted by molar-refractivity contribution is 0.0772. The molecule has 0 N–H and O–H groups in total. The average molecular weight is 358 g/mol. The molecular formula is C20H26N2O4. The van der Waals surface area contributed by atoms with Gasteiger partial charge in [-0.1, -0.05) is 0 Å². The SMILES string of the molecule is COc1cc2c(cc1OC)C(=O)N(CCCN(C)CCc1ccoc1)C2. The highest BCUT2D eigenvalue weighted by molar-refractivity contribution is 5.99. The van der Waals surface area contributed by atoms with Crippen molar-refractivity contribution in [2.45, 2.75) is 19.4 Å². The molecule has 2 aromatic rings. The van der Waals surface area contributed by atoms with Gasteiger partial charge in [0.25, 0.3) is 5.91 Å². The number of fused-ring (bicyclic) bond motifs is 1. The number of carbonyl (C=O) groups is 1. The number of ether oxygens (including phenoxy) is 2. The summed E-state index contributed by atoms with van der Waals surface area (Å²) in [6, 6.07) is 5.69. The molecule has 0 radical (unpaired) electrons. The fourth-order valence-electron chi connectivity index (χ4n) is 3.28. The first-order valence-corrected chi connectivity index (χ1v) is 8.86. The van der Waals surface area contributed by atoms with Gasteiger partial charge in [0.1, 0.15) is 0 Å². The van der Waals surface area contributed by atoms with E-state index in [1.807, 2.05) is 17.0 Å². The topological polar surface area (TPSA) is 55.2 Å². The number of likely N-dealkylation sites (N-methyl/N-ethyl adjacent to an activating group) is 1. The van der Waals surface area contributed by atoms with Crippen LogP contribution in [0.3, 0.4) is 0 Å². The molecule has 2 heterocycles. The summed E-state index contributed by atoms with van der Waals surface area (Å²) in [4.78, 5) is 16.8. The van der Waals surface area contributed by atoms with Crippen LogP contribution >= 0.6 is 0 Å². The zero-order valence-corrected chi connectivity index (χ0v) is 15.7. The Morgan fingerprint density at radius 2 is 1.96 bits per heavy atom. The van der Waals surface area contributed by atoms with Crippen LogP contribution in [-0.2, 0) is 13.0 Å². The number of benzene rings is 1. The number of amides is 1. The maximum atomic E-state index is 12.6. The zero-order chi connectivity index (χ0) is 18.5. The van der Waals surface area contributed by atoms with E-state index >= 15 is 0 Å². The molecule has 140 valence electrons. The minimum absolute atomic E-state index is 0.0713. The molecule has 3 rings (SSSR count). The summed E-state index contributed by atoms with van der Waals surface area (Å²) < 4.78 is 15.7. The number of rotatable bonds is 9. The predicted molar refractivity (Wildman–Crippen MR) is 98.8 cm³/mol. The third-order valence-corrected chi connectivity index (χ3v) is 4.82. The predicted octanol–water partition coefficient (Wildman–Crippen LogP) is 2.82. The summed E-state index contributed by atoms with van der Waals surface area (Å²) in [7, 11) is 5.30. The molecule has 0 spiro atoms. The first-order chi connectivity index (χ1) is 12.6. The Morgan fingerprint density at radius 1 is 1.19 bits per heavy atom. The molecule has 1 aromatic carbocycles. The molecule has 0 saturated carbocycles. The zero-order valence-electron chi connectivity index (χ0n) is 15.7. The molecule has 1 amide bonds. The Morgan fingerprint density at radius 3 is 2.65 bits per heavy atom. The third-order valence-electron chi connectivity index (χ3n) is 4.82. The summed E-state index contributed by atoms with van der Waals surface area (Å²) in [6.07, 6.45) is 5.41. The van der Waals surface area contributed by atoms with Crippen molar-refractivity contribution in [2.75, 3.05) is 40.9 Å². The maximum absolute atomic E-state index is 12.6. The van der Waals surface area contributed by atoms with Crippen molar-refractivity contribution >= 4 is 5.91 Å². The van der Waals surface area contributed by atoms with Gasteiger partial charge in [-0.15, -0.1) is 0 Å². The summed E-state index contributed by atoms with van der Waals surface area (Å²) in [5.74, 6) is 1.34. The van der Waals surface area contributed by atoms with E-state index in [1.54, 1.807) is 32.8 Å². The highest BCUT2D eigenvalue weighted by Gasteiger charge is 2.29. The van der Waals surface area contributed by atoms with E-state index in [2.05, 4.69) is 11.9 Å². The minimum atomic E-state index is 0.0713. The van der Waals surface area contributed by atoms with E-state index in [0.717, 1.165) is 43.6 Å². The summed E-state index contributed by atoms with van der Waals surface area (Å²) in [5.41, 5.74) is 2.93. The fraction of sp³-hybridized carbons (Fsp3) is 0.450. The van der Waals surface area contributed by atoms with Crippen LogP contribution in [0.4, 0.5) is 0 Å². The number of methoxy groups -OCH3 is 2. The van der Waals surface area contributed by atoms with Crippen molar-refractivity contribution < 1.29 is 18.7 Å². The standard InChI is InChI=1S/C20H26N2O4/c1-21(9-5-15-6-10-26-14-15)7-4-8-22-13-16-11-18(24-2)19(25-3)12-17(16)20(22)23/h6,10-12,14H,4-5,7-9,13H2,1-3H3. The Balaban J connectivity index is 1.49. The van der Waals surface area contributed by atoms with Gasteiger partial charge in [0.05, 0.1) is 26.7 Å². The smallest absolute Gasteiger partial charge is 0.254 e. The van der Waals surface area contributed by atoms with Gasteiger partial charge in [0, 0.05) is 25.2 Å². The third kappa shape index (κ3) is 4.02. The van der Waals surface area contributed by atoms with Crippen LogP contribution in [0, 0.1) is 0 Å². The van der Waals surface area contributed by atoms with E-state index in [1.165, 1.54) is 5.56 Å². The van der Waals surface area contributed by atoms with E-state index in [0.29, 0.717) is 18.0 Å². The van der Waals surface area contributed by atoms with Crippen LogP contribution in [-0.4, -0.2) is 56.6 Å². The van der Waals surface area contributed by atoms with Crippen molar-refractivity contribution in [3.05, 3.63) is 47.4 Å². The van der Waals surface area contributed by atoms with Gasteiger partial charge < -0.3 is 23.7 Å². The van der Waals surface area contributed by atoms with Crippen molar-refractivity contribution in [1.29, 1.82) is 0 Å². The second-order valence-electron chi connectivity index (χ2n) is 6.63. The first kappa shape index (κ1) is 18.3. The maximum Gasteiger partial charge on any atom is 0.254 e. The second-order valence-corrected chi connectivity index (χ2v) is 6.63. The van der Waals surface area contributed by atoms with Crippen LogP contribution in [0.25, 0.3) is 0 Å². The Hall–Kier alpha value is -2.47. The molecule has 6 nitrogen and oxygen atoms in total. The van der Waals surface area contributed by atoms with E-state index in [9.17, 15) is 4.79 Å². The van der Waals surface area contributed by atoms with Crippen LogP contribution in [0.5, 0.6) is 11.5 Å². The molecule has 0 atom stereocenters. The Labute approximate surface area is 154 Å². The first-order valence-electron chi connectivity index (χ1n) is 8.86. The largest absolute Gasteiger partial charge is 0.493 e. The number of furan rings is 1. The quantitative estimate of drug-likeness (QED) is 0.690. The number of hydrogen-bond acceptors (Lipinski definition) is 5. The number of nitrogens with zero attached hydrogens (tertiary/aromatic N) is 2.